The molecule has 0 aliphatic rings. The SMILES string of the molecule is Clc1nc(-c2c[nH]c3ccccc23)c2ccccc2n1. The van der Waals surface area contributed by atoms with Crippen molar-refractivity contribution in [2.45, 2.75) is 0 Å². The van der Waals surface area contributed by atoms with Crippen LogP contribution >= 0.6 is 11.6 Å². The summed E-state index contributed by atoms with van der Waals surface area (Å²) in [6, 6.07) is 16.0. The number of aromatic amines is 1. The fourth-order valence-corrected chi connectivity index (χ4v) is 2.70. The first-order valence-corrected chi connectivity index (χ1v) is 6.69. The minimum atomic E-state index is 0.268. The normalized spacial score (nSPS) is 11.2. The van der Waals surface area contributed by atoms with Gasteiger partial charge in [0.05, 0.1) is 11.2 Å². The van der Waals surface area contributed by atoms with E-state index in [2.05, 4.69) is 21.0 Å². The second-order valence-corrected chi connectivity index (χ2v) is 4.94. The first-order chi connectivity index (χ1) is 9.83. The van der Waals surface area contributed by atoms with Crippen LogP contribution in [-0.2, 0) is 0 Å². The molecule has 0 spiro atoms. The van der Waals surface area contributed by atoms with Gasteiger partial charge in [-0.2, -0.15) is 0 Å². The summed E-state index contributed by atoms with van der Waals surface area (Å²) in [6.45, 7) is 0. The number of nitrogens with zero attached hydrogens (tertiary/aromatic N) is 2. The number of H-pyrrole nitrogens is 1. The van der Waals surface area contributed by atoms with Crippen LogP contribution < -0.4 is 0 Å². The van der Waals surface area contributed by atoms with E-state index in [1.165, 1.54) is 0 Å². The molecule has 0 saturated carbocycles. The molecule has 3 nitrogen and oxygen atoms in total. The Bertz CT molecular complexity index is 927. The van der Waals surface area contributed by atoms with Gasteiger partial charge in [-0.05, 0) is 23.7 Å². The summed E-state index contributed by atoms with van der Waals surface area (Å²) in [5, 5.41) is 2.40. The highest BCUT2D eigenvalue weighted by atomic mass is 35.5. The molecule has 4 heteroatoms. The van der Waals surface area contributed by atoms with Crippen LogP contribution in [0.5, 0.6) is 0 Å². The number of nitrogens with one attached hydrogen (secondary N) is 1. The highest BCUT2D eigenvalue weighted by Gasteiger charge is 2.12. The van der Waals surface area contributed by atoms with Crippen LogP contribution in [0.1, 0.15) is 0 Å². The quantitative estimate of drug-likeness (QED) is 0.524. The van der Waals surface area contributed by atoms with E-state index < -0.39 is 0 Å². The van der Waals surface area contributed by atoms with Gasteiger partial charge in [-0.1, -0.05) is 36.4 Å². The zero-order valence-electron chi connectivity index (χ0n) is 10.5. The van der Waals surface area contributed by atoms with Crippen molar-refractivity contribution in [3.8, 4) is 11.3 Å². The standard InChI is InChI=1S/C16H10ClN3/c17-16-19-14-8-4-2-6-11(14)15(20-16)12-9-18-13-7-3-1-5-10(12)13/h1-9,18H. The minimum absolute atomic E-state index is 0.268. The fraction of sp³-hybridized carbons (Fsp3) is 0. The third-order valence-corrected chi connectivity index (χ3v) is 3.59. The van der Waals surface area contributed by atoms with Crippen molar-refractivity contribution < 1.29 is 0 Å². The lowest BCUT2D eigenvalue weighted by Gasteiger charge is -2.05. The van der Waals surface area contributed by atoms with Gasteiger partial charge < -0.3 is 4.98 Å². The van der Waals surface area contributed by atoms with Gasteiger partial charge in [-0.25, -0.2) is 9.97 Å². The molecule has 2 aromatic heterocycles. The summed E-state index contributed by atoms with van der Waals surface area (Å²) in [5.74, 6) is 0. The van der Waals surface area contributed by atoms with Crippen molar-refractivity contribution in [2.75, 3.05) is 0 Å². The number of hydrogen-bond acceptors (Lipinski definition) is 2. The van der Waals surface area contributed by atoms with E-state index in [4.69, 9.17) is 11.6 Å². The molecule has 2 heterocycles. The van der Waals surface area contributed by atoms with Gasteiger partial charge in [0.1, 0.15) is 0 Å². The molecule has 0 atom stereocenters. The molecule has 4 aromatic rings. The first kappa shape index (κ1) is 11.4. The molecular formula is C16H10ClN3. The number of benzene rings is 2. The van der Waals surface area contributed by atoms with E-state index in [1.807, 2.05) is 48.7 Å². The maximum atomic E-state index is 6.06. The molecule has 0 fully saturated rings. The molecule has 0 saturated heterocycles. The number of para-hydroxylation sites is 2. The first-order valence-electron chi connectivity index (χ1n) is 6.32. The number of fused-ring (bicyclic) bond motifs is 2. The topological polar surface area (TPSA) is 41.6 Å². The smallest absolute Gasteiger partial charge is 0.223 e. The maximum absolute atomic E-state index is 6.06. The fourth-order valence-electron chi connectivity index (χ4n) is 2.52. The van der Waals surface area contributed by atoms with Crippen molar-refractivity contribution in [1.82, 2.24) is 15.0 Å². The predicted molar refractivity (Wildman–Crippen MR) is 81.8 cm³/mol. The van der Waals surface area contributed by atoms with Gasteiger partial charge in [0.15, 0.2) is 0 Å². The molecule has 2 aromatic carbocycles. The summed E-state index contributed by atoms with van der Waals surface area (Å²) in [5.41, 5.74) is 3.84. The zero-order valence-corrected chi connectivity index (χ0v) is 11.2. The van der Waals surface area contributed by atoms with E-state index >= 15 is 0 Å². The molecule has 4 rings (SSSR count). The largest absolute Gasteiger partial charge is 0.360 e. The van der Waals surface area contributed by atoms with Crippen LogP contribution in [0.4, 0.5) is 0 Å². The van der Waals surface area contributed by atoms with E-state index in [-0.39, 0.29) is 5.28 Å². The average Bonchev–Trinajstić information content (AvgIpc) is 2.90. The Morgan fingerprint density at radius 1 is 0.850 bits per heavy atom. The lowest BCUT2D eigenvalue weighted by molar-refractivity contribution is 1.23. The van der Waals surface area contributed by atoms with E-state index in [9.17, 15) is 0 Å². The van der Waals surface area contributed by atoms with Crippen LogP contribution in [0, 0.1) is 0 Å². The lowest BCUT2D eigenvalue weighted by atomic mass is 10.1. The Morgan fingerprint density at radius 2 is 1.60 bits per heavy atom. The van der Waals surface area contributed by atoms with Crippen molar-refractivity contribution in [3.63, 3.8) is 0 Å². The van der Waals surface area contributed by atoms with Crippen molar-refractivity contribution in [2.24, 2.45) is 0 Å². The van der Waals surface area contributed by atoms with E-state index in [0.29, 0.717) is 0 Å². The van der Waals surface area contributed by atoms with Crippen LogP contribution in [-0.4, -0.2) is 15.0 Å². The van der Waals surface area contributed by atoms with Gasteiger partial charge >= 0.3 is 0 Å². The molecule has 20 heavy (non-hydrogen) atoms. The summed E-state index contributed by atoms with van der Waals surface area (Å²) < 4.78 is 0. The van der Waals surface area contributed by atoms with Crippen LogP contribution in [0.15, 0.2) is 54.7 Å². The maximum Gasteiger partial charge on any atom is 0.223 e. The molecule has 96 valence electrons. The summed E-state index contributed by atoms with van der Waals surface area (Å²) in [6.07, 6.45) is 1.97. The van der Waals surface area contributed by atoms with E-state index in [0.717, 1.165) is 33.1 Å². The highest BCUT2D eigenvalue weighted by Crippen LogP contribution is 2.32. The second-order valence-electron chi connectivity index (χ2n) is 4.61. The Morgan fingerprint density at radius 3 is 2.50 bits per heavy atom. The monoisotopic (exact) mass is 279 g/mol. The number of hydrogen-bond donors (Lipinski definition) is 1. The van der Waals surface area contributed by atoms with Crippen LogP contribution in [0.25, 0.3) is 33.1 Å². The Balaban J connectivity index is 2.12. The molecule has 0 amide bonds. The Labute approximate surface area is 120 Å². The third kappa shape index (κ3) is 1.67. The van der Waals surface area contributed by atoms with Crippen molar-refractivity contribution >= 4 is 33.4 Å². The van der Waals surface area contributed by atoms with Gasteiger partial charge in [0.2, 0.25) is 5.28 Å². The Kier molecular flexibility index (Phi) is 2.47. The second kappa shape index (κ2) is 4.32. The molecule has 0 aliphatic carbocycles. The third-order valence-electron chi connectivity index (χ3n) is 3.42. The number of aromatic nitrogens is 3. The van der Waals surface area contributed by atoms with Crippen molar-refractivity contribution in [1.29, 1.82) is 0 Å². The molecule has 0 aliphatic heterocycles. The van der Waals surface area contributed by atoms with Gasteiger partial charge in [-0.15, -0.1) is 0 Å². The number of rotatable bonds is 1. The predicted octanol–water partition coefficient (Wildman–Crippen LogP) is 4.43. The summed E-state index contributed by atoms with van der Waals surface area (Å²) in [4.78, 5) is 12.0. The molecule has 0 unspecified atom stereocenters. The lowest BCUT2D eigenvalue weighted by Crippen LogP contribution is -1.90. The summed E-state index contributed by atoms with van der Waals surface area (Å²) in [7, 11) is 0. The van der Waals surface area contributed by atoms with E-state index in [1.54, 1.807) is 0 Å². The van der Waals surface area contributed by atoms with Gasteiger partial charge in [0, 0.05) is 28.0 Å². The van der Waals surface area contributed by atoms with Gasteiger partial charge in [0.25, 0.3) is 0 Å². The molecule has 1 N–H and O–H groups in total. The highest BCUT2D eigenvalue weighted by molar-refractivity contribution is 6.29. The average molecular weight is 280 g/mol. The molecule has 0 radical (unpaired) electrons. The molecule has 0 bridgehead atoms. The Hall–Kier alpha value is -2.39. The van der Waals surface area contributed by atoms with Gasteiger partial charge in [-0.3, -0.25) is 0 Å². The number of halogens is 1. The minimum Gasteiger partial charge on any atom is -0.360 e. The summed E-state index contributed by atoms with van der Waals surface area (Å²) >= 11 is 6.06. The zero-order chi connectivity index (χ0) is 13.5. The van der Waals surface area contributed by atoms with Crippen LogP contribution in [0.2, 0.25) is 5.28 Å². The van der Waals surface area contributed by atoms with Crippen molar-refractivity contribution in [3.05, 3.63) is 60.0 Å². The van der Waals surface area contributed by atoms with Crippen LogP contribution in [0.3, 0.4) is 0 Å². The molecular weight excluding hydrogens is 270 g/mol.